The monoisotopic (exact) mass is 368 g/mol. The Labute approximate surface area is 144 Å². The first kappa shape index (κ1) is 18.2. The topological polar surface area (TPSA) is 115 Å². The summed E-state index contributed by atoms with van der Waals surface area (Å²) in [5.41, 5.74) is 0.749. The molecule has 0 atom stereocenters. The van der Waals surface area contributed by atoms with Crippen LogP contribution in [0.4, 0.5) is 5.69 Å². The van der Waals surface area contributed by atoms with E-state index < -0.39 is 10.3 Å². The lowest BCUT2D eigenvalue weighted by Gasteiger charge is -2.06. The predicted octanol–water partition coefficient (Wildman–Crippen LogP) is 2.62. The van der Waals surface area contributed by atoms with Gasteiger partial charge in [-0.3, -0.25) is 5.32 Å². The number of nitrogens with zero attached hydrogens (tertiary/aromatic N) is 2. The average molecular weight is 368 g/mol. The number of rotatable bonds is 8. The van der Waals surface area contributed by atoms with Crippen LogP contribution in [-0.4, -0.2) is 22.1 Å². The van der Waals surface area contributed by atoms with Crippen LogP contribution >= 0.6 is 12.0 Å². The number of benzene rings is 2. The lowest BCUT2D eigenvalue weighted by molar-refractivity contribution is 0.487. The van der Waals surface area contributed by atoms with E-state index in [9.17, 15) is 8.42 Å². The number of nitrogens with one attached hydrogen (secondary N) is 1. The highest BCUT2D eigenvalue weighted by atomic mass is 32.2. The van der Waals surface area contributed by atoms with Crippen LogP contribution in [0.2, 0.25) is 0 Å². The van der Waals surface area contributed by atoms with E-state index in [1.807, 2.05) is 24.3 Å². The maximum Gasteiger partial charge on any atom is 0.380 e. The third-order valence-electron chi connectivity index (χ3n) is 2.52. The van der Waals surface area contributed by atoms with Crippen molar-refractivity contribution in [1.29, 1.82) is 0 Å². The van der Waals surface area contributed by atoms with E-state index in [4.69, 9.17) is 9.32 Å². The molecule has 0 unspecified atom stereocenters. The van der Waals surface area contributed by atoms with Gasteiger partial charge < -0.3 is 8.37 Å². The van der Waals surface area contributed by atoms with E-state index in [1.54, 1.807) is 19.2 Å². The van der Waals surface area contributed by atoms with Gasteiger partial charge >= 0.3 is 10.3 Å². The molecule has 0 radical (unpaired) electrons. The summed E-state index contributed by atoms with van der Waals surface area (Å²) in [6, 6.07) is 13.4. The maximum atomic E-state index is 10.8. The Morgan fingerprint density at radius 1 is 1.08 bits per heavy atom. The van der Waals surface area contributed by atoms with Gasteiger partial charge in [-0.2, -0.15) is 23.8 Å². The molecular weight excluding hydrogens is 352 g/mol. The first-order chi connectivity index (χ1) is 11.5. The molecular formula is C14H16N4O4S2. The van der Waals surface area contributed by atoms with Gasteiger partial charge in [-0.15, -0.1) is 0 Å². The molecule has 0 saturated heterocycles. The van der Waals surface area contributed by atoms with Crippen molar-refractivity contribution >= 4 is 28.0 Å². The Morgan fingerprint density at radius 3 is 2.29 bits per heavy atom. The standard InChI is InChI=1S/C14H16N4O4S2/c1-16-10-17-18-11-2-8-14(9-3-11)23-21-12-4-6-13(7-5-12)22-24(15,19)20/h2-9,16H,10H2,1H3,(H2,15,19,20). The van der Waals surface area contributed by atoms with Crippen LogP contribution in [0.1, 0.15) is 0 Å². The first-order valence-corrected chi connectivity index (χ1v) is 8.96. The number of hydrogen-bond acceptors (Lipinski definition) is 8. The number of hydrogen-bond donors (Lipinski definition) is 2. The molecule has 0 saturated carbocycles. The van der Waals surface area contributed by atoms with Crippen molar-refractivity contribution < 1.29 is 16.8 Å². The van der Waals surface area contributed by atoms with Gasteiger partial charge in [-0.25, -0.2) is 0 Å². The van der Waals surface area contributed by atoms with Crippen LogP contribution in [-0.2, 0) is 10.3 Å². The van der Waals surface area contributed by atoms with E-state index in [-0.39, 0.29) is 5.75 Å². The van der Waals surface area contributed by atoms with Crippen molar-refractivity contribution in [1.82, 2.24) is 5.32 Å². The Kier molecular flexibility index (Phi) is 6.55. The van der Waals surface area contributed by atoms with E-state index in [0.717, 1.165) is 22.6 Å². The second kappa shape index (κ2) is 8.64. The van der Waals surface area contributed by atoms with E-state index in [1.165, 1.54) is 12.1 Å². The molecule has 0 amide bonds. The van der Waals surface area contributed by atoms with Gasteiger partial charge in [0.25, 0.3) is 0 Å². The summed E-state index contributed by atoms with van der Waals surface area (Å²) in [6.45, 7) is 0.463. The Balaban J connectivity index is 1.89. The number of azo groups is 1. The summed E-state index contributed by atoms with van der Waals surface area (Å²) >= 11 is 1.16. The van der Waals surface area contributed by atoms with Gasteiger partial charge in [-0.05, 0) is 55.6 Å². The summed E-state index contributed by atoms with van der Waals surface area (Å²) in [4.78, 5) is 0.882. The average Bonchev–Trinajstić information content (AvgIpc) is 2.54. The Bertz CT molecular complexity index is 777. The molecule has 0 fully saturated rings. The lowest BCUT2D eigenvalue weighted by Crippen LogP contribution is -2.18. The SMILES string of the molecule is CNCN=Nc1ccc(SOc2ccc(OS(N)(=O)=O)cc2)cc1. The molecule has 0 aliphatic rings. The number of nitrogens with two attached hydrogens (primary N) is 1. The molecule has 0 heterocycles. The smallest absolute Gasteiger partial charge is 0.380 e. The van der Waals surface area contributed by atoms with Crippen LogP contribution in [0.25, 0.3) is 0 Å². The highest BCUT2D eigenvalue weighted by Gasteiger charge is 2.05. The fourth-order valence-corrected chi connectivity index (χ4v) is 2.47. The highest BCUT2D eigenvalue weighted by Crippen LogP contribution is 2.27. The molecule has 24 heavy (non-hydrogen) atoms. The van der Waals surface area contributed by atoms with E-state index >= 15 is 0 Å². The minimum Gasteiger partial charge on any atom is -0.421 e. The largest absolute Gasteiger partial charge is 0.421 e. The molecule has 0 aliphatic heterocycles. The third kappa shape index (κ3) is 6.54. The van der Waals surface area contributed by atoms with Crippen molar-refractivity contribution in [2.45, 2.75) is 4.90 Å². The fraction of sp³-hybridized carbons (Fsp3) is 0.143. The first-order valence-electron chi connectivity index (χ1n) is 6.75. The van der Waals surface area contributed by atoms with Gasteiger partial charge in [0.05, 0.1) is 17.7 Å². The second-order valence-electron chi connectivity index (χ2n) is 4.46. The van der Waals surface area contributed by atoms with Crippen LogP contribution < -0.4 is 18.8 Å². The minimum absolute atomic E-state index is 0.117. The molecule has 2 aromatic carbocycles. The van der Waals surface area contributed by atoms with Gasteiger partial charge in [-0.1, -0.05) is 0 Å². The van der Waals surface area contributed by atoms with E-state index in [0.29, 0.717) is 12.4 Å². The van der Waals surface area contributed by atoms with Crippen molar-refractivity contribution in [3.05, 3.63) is 48.5 Å². The van der Waals surface area contributed by atoms with E-state index in [2.05, 4.69) is 19.7 Å². The lowest BCUT2D eigenvalue weighted by atomic mass is 10.3. The molecule has 0 spiro atoms. The third-order valence-corrected chi connectivity index (χ3v) is 3.69. The summed E-state index contributed by atoms with van der Waals surface area (Å²) in [5.74, 6) is 0.658. The highest BCUT2D eigenvalue weighted by molar-refractivity contribution is 7.95. The van der Waals surface area contributed by atoms with Gasteiger partial charge in [0, 0.05) is 4.90 Å². The molecule has 0 aliphatic carbocycles. The quantitative estimate of drug-likeness (QED) is 0.547. The van der Waals surface area contributed by atoms with Crippen LogP contribution in [0.3, 0.4) is 0 Å². The van der Waals surface area contributed by atoms with Crippen molar-refractivity contribution in [3.63, 3.8) is 0 Å². The van der Waals surface area contributed by atoms with Gasteiger partial charge in [0.1, 0.15) is 18.2 Å². The molecule has 10 heteroatoms. The second-order valence-corrected chi connectivity index (χ2v) is 6.42. The van der Waals surface area contributed by atoms with Gasteiger partial charge in [0.15, 0.2) is 0 Å². The molecule has 128 valence electrons. The van der Waals surface area contributed by atoms with Crippen LogP contribution in [0.15, 0.2) is 63.7 Å². The predicted molar refractivity (Wildman–Crippen MR) is 91.5 cm³/mol. The summed E-state index contributed by atoms with van der Waals surface area (Å²) in [6.07, 6.45) is 0. The van der Waals surface area contributed by atoms with Crippen molar-refractivity contribution in [2.24, 2.45) is 15.4 Å². The Hall–Kier alpha value is -2.14. The summed E-state index contributed by atoms with van der Waals surface area (Å²) < 4.78 is 31.7. The summed E-state index contributed by atoms with van der Waals surface area (Å²) in [7, 11) is -2.23. The van der Waals surface area contributed by atoms with Crippen molar-refractivity contribution in [2.75, 3.05) is 13.7 Å². The minimum atomic E-state index is -4.02. The molecule has 0 aromatic heterocycles. The Morgan fingerprint density at radius 2 is 1.71 bits per heavy atom. The van der Waals surface area contributed by atoms with Crippen LogP contribution in [0.5, 0.6) is 11.5 Å². The maximum absolute atomic E-state index is 10.8. The van der Waals surface area contributed by atoms with Crippen LogP contribution in [0, 0.1) is 0 Å². The molecule has 2 aromatic rings. The zero-order valence-electron chi connectivity index (χ0n) is 12.7. The molecule has 3 N–H and O–H groups in total. The zero-order chi connectivity index (χ0) is 17.4. The summed E-state index contributed by atoms with van der Waals surface area (Å²) in [5, 5.41) is 15.6. The zero-order valence-corrected chi connectivity index (χ0v) is 14.4. The molecule has 0 bridgehead atoms. The van der Waals surface area contributed by atoms with Crippen molar-refractivity contribution in [3.8, 4) is 11.5 Å². The normalized spacial score (nSPS) is 11.6. The van der Waals surface area contributed by atoms with Gasteiger partial charge in [0.2, 0.25) is 0 Å². The fourth-order valence-electron chi connectivity index (χ4n) is 1.54. The molecule has 8 nitrogen and oxygen atoms in total. The molecule has 2 rings (SSSR count).